The van der Waals surface area contributed by atoms with Crippen LogP contribution in [-0.2, 0) is 6.54 Å². The van der Waals surface area contributed by atoms with Crippen LogP contribution in [0, 0.1) is 5.92 Å². The summed E-state index contributed by atoms with van der Waals surface area (Å²) in [5, 5.41) is 4.93. The number of nitrogens with zero attached hydrogens (tertiary/aromatic N) is 1. The van der Waals surface area contributed by atoms with E-state index in [1.54, 1.807) is 0 Å². The Kier molecular flexibility index (Phi) is 4.38. The van der Waals surface area contributed by atoms with E-state index in [0.717, 1.165) is 19.0 Å². The Hall–Kier alpha value is -1.32. The number of aromatic nitrogens is 1. The Bertz CT molecular complexity index is 546. The third kappa shape index (κ3) is 3.22. The molecule has 0 saturated carbocycles. The lowest BCUT2D eigenvalue weighted by molar-refractivity contribution is 0.184. The highest BCUT2D eigenvalue weighted by molar-refractivity contribution is 5.82. The number of likely N-dealkylation sites (tertiary alicyclic amines) is 1. The summed E-state index contributed by atoms with van der Waals surface area (Å²) in [5.41, 5.74) is 2.62. The van der Waals surface area contributed by atoms with Crippen molar-refractivity contribution >= 4 is 10.9 Å². The van der Waals surface area contributed by atoms with Crippen LogP contribution in [0.2, 0.25) is 0 Å². The number of nitrogens with one attached hydrogen (secondary N) is 2. The molecule has 3 nitrogen and oxygen atoms in total. The molecule has 1 aromatic heterocycles. The number of H-pyrrole nitrogens is 1. The van der Waals surface area contributed by atoms with Crippen LogP contribution in [0.4, 0.5) is 0 Å². The monoisotopic (exact) mass is 271 g/mol. The van der Waals surface area contributed by atoms with Crippen LogP contribution in [-0.4, -0.2) is 36.1 Å². The van der Waals surface area contributed by atoms with Crippen LogP contribution in [0.1, 0.15) is 25.3 Å². The number of piperidine rings is 1. The maximum atomic E-state index is 3.59. The average Bonchev–Trinajstić information content (AvgIpc) is 2.93. The van der Waals surface area contributed by atoms with Gasteiger partial charge in [-0.15, -0.1) is 0 Å². The van der Waals surface area contributed by atoms with Gasteiger partial charge in [-0.3, -0.25) is 0 Å². The van der Waals surface area contributed by atoms with Crippen LogP contribution >= 0.6 is 0 Å². The summed E-state index contributed by atoms with van der Waals surface area (Å²) in [6, 6.07) is 8.64. The second-order valence-corrected chi connectivity index (χ2v) is 6.08. The fraction of sp³-hybridized carbons (Fsp3) is 0.529. The molecule has 1 fully saturated rings. The van der Waals surface area contributed by atoms with Gasteiger partial charge < -0.3 is 15.2 Å². The van der Waals surface area contributed by atoms with Gasteiger partial charge in [0.2, 0.25) is 0 Å². The van der Waals surface area contributed by atoms with E-state index in [4.69, 9.17) is 0 Å². The minimum Gasteiger partial charge on any atom is -0.361 e. The summed E-state index contributed by atoms with van der Waals surface area (Å²) in [5.74, 6) is 0.873. The van der Waals surface area contributed by atoms with Crippen molar-refractivity contribution in [2.75, 3.05) is 26.2 Å². The van der Waals surface area contributed by atoms with Crippen LogP contribution in [0.5, 0.6) is 0 Å². The van der Waals surface area contributed by atoms with Gasteiger partial charge in [0.1, 0.15) is 0 Å². The first-order valence-corrected chi connectivity index (χ1v) is 7.81. The first kappa shape index (κ1) is 13.7. The maximum Gasteiger partial charge on any atom is 0.0457 e. The van der Waals surface area contributed by atoms with Crippen LogP contribution in [0.15, 0.2) is 30.5 Å². The van der Waals surface area contributed by atoms with Gasteiger partial charge >= 0.3 is 0 Å². The molecule has 2 heterocycles. The topological polar surface area (TPSA) is 31.1 Å². The van der Waals surface area contributed by atoms with E-state index < -0.39 is 0 Å². The quantitative estimate of drug-likeness (QED) is 0.819. The third-order valence-corrected chi connectivity index (χ3v) is 4.35. The van der Waals surface area contributed by atoms with Crippen LogP contribution in [0.25, 0.3) is 10.9 Å². The number of fused-ring (bicyclic) bond motifs is 1. The molecule has 2 aromatic rings. The van der Waals surface area contributed by atoms with Crippen molar-refractivity contribution in [2.45, 2.75) is 26.3 Å². The maximum absolute atomic E-state index is 3.59. The first-order valence-electron chi connectivity index (χ1n) is 7.81. The number of aromatic amines is 1. The lowest BCUT2D eigenvalue weighted by Crippen LogP contribution is -2.38. The molecule has 3 rings (SSSR count). The van der Waals surface area contributed by atoms with Crippen molar-refractivity contribution in [1.29, 1.82) is 0 Å². The van der Waals surface area contributed by atoms with Crippen molar-refractivity contribution in [1.82, 2.24) is 15.2 Å². The van der Waals surface area contributed by atoms with E-state index in [1.807, 2.05) is 6.20 Å². The van der Waals surface area contributed by atoms with E-state index in [1.165, 1.54) is 48.9 Å². The average molecular weight is 271 g/mol. The highest BCUT2D eigenvalue weighted by Gasteiger charge is 2.15. The molecule has 108 valence electrons. The van der Waals surface area contributed by atoms with Gasteiger partial charge in [0, 0.05) is 43.3 Å². The number of rotatable bonds is 5. The van der Waals surface area contributed by atoms with E-state index >= 15 is 0 Å². The molecule has 1 aliphatic heterocycles. The van der Waals surface area contributed by atoms with E-state index in [0.29, 0.717) is 0 Å². The molecule has 0 aliphatic carbocycles. The molecule has 0 radical (unpaired) electrons. The lowest BCUT2D eigenvalue weighted by atomic mass is 10.0. The summed E-state index contributed by atoms with van der Waals surface area (Å²) in [4.78, 5) is 5.87. The summed E-state index contributed by atoms with van der Waals surface area (Å²) in [6.07, 6.45) is 4.78. The standard InChI is InChI=1S/C17H25N3/c1-14-4-3-10-20(13-14)11-9-18-12-15-5-2-6-17-16(15)7-8-19-17/h2,5-8,14,18-19H,3-4,9-13H2,1H3. The molecule has 20 heavy (non-hydrogen) atoms. The normalized spacial score (nSPS) is 20.6. The number of benzene rings is 1. The van der Waals surface area contributed by atoms with Gasteiger partial charge in [0.05, 0.1) is 0 Å². The molecule has 0 bridgehead atoms. The molecule has 3 heteroatoms. The molecule has 1 atom stereocenters. The second-order valence-electron chi connectivity index (χ2n) is 6.08. The highest BCUT2D eigenvalue weighted by atomic mass is 15.1. The van der Waals surface area contributed by atoms with Gasteiger partial charge in [-0.2, -0.15) is 0 Å². The number of hydrogen-bond acceptors (Lipinski definition) is 2. The number of hydrogen-bond donors (Lipinski definition) is 2. The minimum absolute atomic E-state index is 0.873. The Labute approximate surface area is 121 Å². The van der Waals surface area contributed by atoms with Gasteiger partial charge in [-0.05, 0) is 43.0 Å². The van der Waals surface area contributed by atoms with Crippen molar-refractivity contribution < 1.29 is 0 Å². The van der Waals surface area contributed by atoms with Gasteiger partial charge in [0.25, 0.3) is 0 Å². The lowest BCUT2D eigenvalue weighted by Gasteiger charge is -2.30. The fourth-order valence-corrected chi connectivity index (χ4v) is 3.25. The zero-order valence-corrected chi connectivity index (χ0v) is 12.4. The summed E-state index contributed by atoms with van der Waals surface area (Å²) < 4.78 is 0. The van der Waals surface area contributed by atoms with Crippen molar-refractivity contribution in [3.63, 3.8) is 0 Å². The SMILES string of the molecule is CC1CCCN(CCNCc2cccc3[nH]ccc23)C1. The Balaban J connectivity index is 1.47. The van der Waals surface area contributed by atoms with Crippen LogP contribution in [0.3, 0.4) is 0 Å². The molecular formula is C17H25N3. The molecule has 0 spiro atoms. The Morgan fingerprint density at radius 3 is 3.20 bits per heavy atom. The van der Waals surface area contributed by atoms with Gasteiger partial charge in [-0.1, -0.05) is 19.1 Å². The van der Waals surface area contributed by atoms with Crippen LogP contribution < -0.4 is 5.32 Å². The summed E-state index contributed by atoms with van der Waals surface area (Å²) >= 11 is 0. The molecule has 1 unspecified atom stereocenters. The van der Waals surface area contributed by atoms with E-state index in [-0.39, 0.29) is 0 Å². The highest BCUT2D eigenvalue weighted by Crippen LogP contribution is 2.17. The second kappa shape index (κ2) is 6.42. The molecule has 0 amide bonds. The Morgan fingerprint density at radius 1 is 1.35 bits per heavy atom. The molecule has 1 saturated heterocycles. The smallest absolute Gasteiger partial charge is 0.0457 e. The zero-order chi connectivity index (χ0) is 13.8. The predicted molar refractivity (Wildman–Crippen MR) is 84.8 cm³/mol. The summed E-state index contributed by atoms with van der Waals surface area (Å²) in [7, 11) is 0. The molecular weight excluding hydrogens is 246 g/mol. The van der Waals surface area contributed by atoms with Crippen molar-refractivity contribution in [3.8, 4) is 0 Å². The third-order valence-electron chi connectivity index (χ3n) is 4.35. The molecule has 2 N–H and O–H groups in total. The van der Waals surface area contributed by atoms with E-state index in [9.17, 15) is 0 Å². The van der Waals surface area contributed by atoms with E-state index in [2.05, 4.69) is 46.4 Å². The minimum atomic E-state index is 0.873. The largest absolute Gasteiger partial charge is 0.361 e. The van der Waals surface area contributed by atoms with Crippen molar-refractivity contribution in [3.05, 3.63) is 36.0 Å². The molecule has 1 aliphatic rings. The first-order chi connectivity index (χ1) is 9.83. The Morgan fingerprint density at radius 2 is 2.30 bits per heavy atom. The van der Waals surface area contributed by atoms with Crippen molar-refractivity contribution in [2.24, 2.45) is 5.92 Å². The summed E-state index contributed by atoms with van der Waals surface area (Å²) in [6.45, 7) is 8.13. The van der Waals surface area contributed by atoms with Gasteiger partial charge in [0.15, 0.2) is 0 Å². The van der Waals surface area contributed by atoms with Gasteiger partial charge in [-0.25, -0.2) is 0 Å². The molecule has 1 aromatic carbocycles. The fourth-order valence-electron chi connectivity index (χ4n) is 3.25. The zero-order valence-electron chi connectivity index (χ0n) is 12.4. The predicted octanol–water partition coefficient (Wildman–Crippen LogP) is 2.99.